The van der Waals surface area contributed by atoms with E-state index in [2.05, 4.69) is 0 Å². The monoisotopic (exact) mass is 216 g/mol. The molecule has 1 aliphatic heterocycles. The van der Waals surface area contributed by atoms with Crippen molar-refractivity contribution < 1.29 is 9.90 Å². The van der Waals surface area contributed by atoms with E-state index in [1.165, 1.54) is 0 Å². The minimum Gasteiger partial charge on any atom is -0.480 e. The first-order valence-electron chi connectivity index (χ1n) is 3.30. The van der Waals surface area contributed by atoms with Gasteiger partial charge in [0.15, 0.2) is 0 Å². The highest BCUT2D eigenvalue weighted by Crippen LogP contribution is 2.13. The standard InChI is InChI=1S/C6H12N2O2.2ClH/c1-8-3-4(7)2-5(8)6(9)10;;/h4-5H,2-3,7H2,1H3,(H,9,10);2*1H. The first-order valence-corrected chi connectivity index (χ1v) is 3.30. The predicted molar refractivity (Wildman–Crippen MR) is 51.1 cm³/mol. The lowest BCUT2D eigenvalue weighted by molar-refractivity contribution is -0.141. The van der Waals surface area contributed by atoms with Crippen molar-refractivity contribution in [2.75, 3.05) is 13.6 Å². The van der Waals surface area contributed by atoms with Crippen LogP contribution in [0, 0.1) is 0 Å². The van der Waals surface area contributed by atoms with Gasteiger partial charge >= 0.3 is 5.97 Å². The van der Waals surface area contributed by atoms with Gasteiger partial charge in [-0.05, 0) is 13.5 Å². The van der Waals surface area contributed by atoms with Crippen LogP contribution in [0.15, 0.2) is 0 Å². The summed E-state index contributed by atoms with van der Waals surface area (Å²) in [6.07, 6.45) is 0.575. The van der Waals surface area contributed by atoms with E-state index in [9.17, 15) is 4.79 Å². The van der Waals surface area contributed by atoms with E-state index in [4.69, 9.17) is 10.8 Å². The highest BCUT2D eigenvalue weighted by atomic mass is 35.5. The molecule has 0 aromatic rings. The number of nitrogens with zero attached hydrogens (tertiary/aromatic N) is 1. The summed E-state index contributed by atoms with van der Waals surface area (Å²) in [6.45, 7) is 0.691. The van der Waals surface area contributed by atoms with Crippen molar-refractivity contribution in [3.8, 4) is 0 Å². The summed E-state index contributed by atoms with van der Waals surface area (Å²) in [5.74, 6) is -0.768. The summed E-state index contributed by atoms with van der Waals surface area (Å²) in [5, 5.41) is 8.60. The molecule has 0 spiro atoms. The van der Waals surface area contributed by atoms with E-state index in [1.54, 1.807) is 11.9 Å². The van der Waals surface area contributed by atoms with Crippen LogP contribution in [-0.2, 0) is 4.79 Å². The van der Waals surface area contributed by atoms with Crippen LogP contribution in [0.3, 0.4) is 0 Å². The maximum atomic E-state index is 10.5. The maximum Gasteiger partial charge on any atom is 0.320 e. The second kappa shape index (κ2) is 5.59. The molecule has 1 fully saturated rings. The van der Waals surface area contributed by atoms with Crippen LogP contribution in [0.1, 0.15) is 6.42 Å². The molecule has 0 aliphatic carbocycles. The number of carboxylic acids is 1. The lowest BCUT2D eigenvalue weighted by Gasteiger charge is -2.12. The third-order valence-electron chi connectivity index (χ3n) is 1.87. The highest BCUT2D eigenvalue weighted by Gasteiger charge is 2.31. The number of carbonyl (C=O) groups is 1. The number of carboxylic acid groups (broad SMARTS) is 1. The van der Waals surface area contributed by atoms with Crippen LogP contribution in [0.2, 0.25) is 0 Å². The third-order valence-corrected chi connectivity index (χ3v) is 1.87. The topological polar surface area (TPSA) is 66.6 Å². The van der Waals surface area contributed by atoms with Crippen LogP contribution < -0.4 is 5.73 Å². The molecule has 6 heteroatoms. The zero-order valence-electron chi connectivity index (χ0n) is 6.77. The number of aliphatic carboxylic acids is 1. The summed E-state index contributed by atoms with van der Waals surface area (Å²) in [7, 11) is 1.78. The SMILES string of the molecule is CN1CC(N)CC1C(=O)O.Cl.Cl. The lowest BCUT2D eigenvalue weighted by atomic mass is 10.2. The van der Waals surface area contributed by atoms with Gasteiger partial charge in [0.25, 0.3) is 0 Å². The summed E-state index contributed by atoms with van der Waals surface area (Å²) in [4.78, 5) is 12.2. The van der Waals surface area contributed by atoms with Crippen molar-refractivity contribution in [3.63, 3.8) is 0 Å². The number of likely N-dealkylation sites (N-methyl/N-ethyl adjacent to an activating group) is 1. The van der Waals surface area contributed by atoms with Gasteiger partial charge in [-0.25, -0.2) is 0 Å². The van der Waals surface area contributed by atoms with Gasteiger partial charge in [0.1, 0.15) is 6.04 Å². The van der Waals surface area contributed by atoms with Gasteiger partial charge in [-0.1, -0.05) is 0 Å². The van der Waals surface area contributed by atoms with Crippen LogP contribution >= 0.6 is 24.8 Å². The molecule has 2 unspecified atom stereocenters. The first kappa shape index (κ1) is 14.5. The second-order valence-corrected chi connectivity index (χ2v) is 2.79. The fourth-order valence-corrected chi connectivity index (χ4v) is 1.33. The van der Waals surface area contributed by atoms with Gasteiger partial charge in [-0.3, -0.25) is 9.69 Å². The molecule has 0 aromatic heterocycles. The van der Waals surface area contributed by atoms with E-state index in [0.29, 0.717) is 13.0 Å². The second-order valence-electron chi connectivity index (χ2n) is 2.79. The number of halogens is 2. The molecule has 1 rings (SSSR count). The maximum absolute atomic E-state index is 10.5. The molecule has 0 amide bonds. The predicted octanol–water partition coefficient (Wildman–Crippen LogP) is -0.0540. The van der Waals surface area contributed by atoms with Crippen molar-refractivity contribution in [1.82, 2.24) is 4.90 Å². The first-order chi connectivity index (χ1) is 4.61. The van der Waals surface area contributed by atoms with E-state index >= 15 is 0 Å². The summed E-state index contributed by atoms with van der Waals surface area (Å²) < 4.78 is 0. The van der Waals surface area contributed by atoms with Crippen molar-refractivity contribution in [2.24, 2.45) is 5.73 Å². The molecule has 12 heavy (non-hydrogen) atoms. The van der Waals surface area contributed by atoms with Crippen LogP contribution in [0.4, 0.5) is 0 Å². The molecule has 1 aliphatic rings. The summed E-state index contributed by atoms with van der Waals surface area (Å²) >= 11 is 0. The Morgan fingerprint density at radius 2 is 2.08 bits per heavy atom. The summed E-state index contributed by atoms with van der Waals surface area (Å²) in [5.41, 5.74) is 5.55. The molecule has 4 nitrogen and oxygen atoms in total. The van der Waals surface area contributed by atoms with Crippen molar-refractivity contribution in [2.45, 2.75) is 18.5 Å². The van der Waals surface area contributed by atoms with E-state index in [1.807, 2.05) is 0 Å². The Morgan fingerprint density at radius 3 is 2.25 bits per heavy atom. The number of nitrogens with two attached hydrogens (primary N) is 1. The van der Waals surface area contributed by atoms with E-state index < -0.39 is 5.97 Å². The largest absolute Gasteiger partial charge is 0.480 e. The Kier molecular flexibility index (Phi) is 6.75. The molecule has 2 atom stereocenters. The minimum absolute atomic E-state index is 0. The number of hydrogen-bond donors (Lipinski definition) is 2. The van der Waals surface area contributed by atoms with Gasteiger partial charge in [-0.2, -0.15) is 0 Å². The lowest BCUT2D eigenvalue weighted by Crippen LogP contribution is -2.32. The van der Waals surface area contributed by atoms with Gasteiger partial charge in [0.2, 0.25) is 0 Å². The smallest absolute Gasteiger partial charge is 0.320 e. The number of hydrogen-bond acceptors (Lipinski definition) is 3. The Labute approximate surface area is 83.9 Å². The van der Waals surface area contributed by atoms with Crippen molar-refractivity contribution >= 4 is 30.8 Å². The molecular formula is C6H14Cl2N2O2. The van der Waals surface area contributed by atoms with Gasteiger partial charge in [-0.15, -0.1) is 24.8 Å². The van der Waals surface area contributed by atoms with Crippen LogP contribution in [-0.4, -0.2) is 41.7 Å². The van der Waals surface area contributed by atoms with Crippen molar-refractivity contribution in [3.05, 3.63) is 0 Å². The molecule has 0 radical (unpaired) electrons. The molecule has 0 bridgehead atoms. The molecule has 1 heterocycles. The molecule has 3 N–H and O–H groups in total. The third kappa shape index (κ3) is 3.15. The Morgan fingerprint density at radius 1 is 1.58 bits per heavy atom. The quantitative estimate of drug-likeness (QED) is 0.646. The fraction of sp³-hybridized carbons (Fsp3) is 0.833. The zero-order chi connectivity index (χ0) is 7.72. The van der Waals surface area contributed by atoms with Crippen LogP contribution in [0.5, 0.6) is 0 Å². The Hall–Kier alpha value is -0.0300. The van der Waals surface area contributed by atoms with Gasteiger partial charge in [0.05, 0.1) is 0 Å². The average molecular weight is 217 g/mol. The van der Waals surface area contributed by atoms with E-state index in [0.717, 1.165) is 0 Å². The number of likely N-dealkylation sites (tertiary alicyclic amines) is 1. The normalized spacial score (nSPS) is 28.8. The molecular weight excluding hydrogens is 203 g/mol. The molecule has 74 valence electrons. The minimum atomic E-state index is -0.768. The fourth-order valence-electron chi connectivity index (χ4n) is 1.33. The molecule has 0 saturated carbocycles. The zero-order valence-corrected chi connectivity index (χ0v) is 8.40. The van der Waals surface area contributed by atoms with Gasteiger partial charge < -0.3 is 10.8 Å². The Bertz CT molecular complexity index is 156. The van der Waals surface area contributed by atoms with Crippen LogP contribution in [0.25, 0.3) is 0 Å². The average Bonchev–Trinajstić information content (AvgIpc) is 2.10. The van der Waals surface area contributed by atoms with Crippen molar-refractivity contribution in [1.29, 1.82) is 0 Å². The molecule has 1 saturated heterocycles. The Balaban J connectivity index is 0. The number of rotatable bonds is 1. The molecule has 0 aromatic carbocycles. The highest BCUT2D eigenvalue weighted by molar-refractivity contribution is 5.85. The summed E-state index contributed by atoms with van der Waals surface area (Å²) in [6, 6.07) is -0.332. The van der Waals surface area contributed by atoms with Gasteiger partial charge in [0, 0.05) is 12.6 Å². The van der Waals surface area contributed by atoms with E-state index in [-0.39, 0.29) is 36.9 Å².